The number of carboxylic acids is 1. The van der Waals surface area contributed by atoms with Crippen LogP contribution < -0.4 is 4.90 Å². The maximum Gasteiger partial charge on any atom is 0.306 e. The van der Waals surface area contributed by atoms with Gasteiger partial charge in [0.15, 0.2) is 0 Å². The van der Waals surface area contributed by atoms with E-state index in [9.17, 15) is 9.70 Å². The lowest BCUT2D eigenvalue weighted by Gasteiger charge is -2.32. The molecule has 90 valence electrons. The smallest absolute Gasteiger partial charge is 0.306 e. The van der Waals surface area contributed by atoms with Crippen molar-refractivity contribution in [2.45, 2.75) is 12.8 Å². The molecule has 1 aliphatic heterocycles. The van der Waals surface area contributed by atoms with Crippen molar-refractivity contribution in [1.29, 1.82) is 0 Å². The number of rotatable bonds is 3. The van der Waals surface area contributed by atoms with Gasteiger partial charge in [0, 0.05) is 13.1 Å². The Balaban J connectivity index is 2.10. The lowest BCUT2D eigenvalue weighted by molar-refractivity contribution is -0.142. The molecule has 1 aromatic rings. The maximum absolute atomic E-state index is 10.8. The number of nitroso groups, excluding NO2 is 1. The van der Waals surface area contributed by atoms with Crippen LogP contribution in [0.5, 0.6) is 0 Å². The van der Waals surface area contributed by atoms with Crippen molar-refractivity contribution in [1.82, 2.24) is 0 Å². The highest BCUT2D eigenvalue weighted by atomic mass is 16.4. The predicted molar refractivity (Wildman–Crippen MR) is 64.5 cm³/mol. The molecule has 1 fully saturated rings. The summed E-state index contributed by atoms with van der Waals surface area (Å²) >= 11 is 0. The molecule has 1 aromatic carbocycles. The predicted octanol–water partition coefficient (Wildman–Crippen LogP) is 2.39. The van der Waals surface area contributed by atoms with Gasteiger partial charge < -0.3 is 10.0 Å². The average molecular weight is 234 g/mol. The summed E-state index contributed by atoms with van der Waals surface area (Å²) in [6, 6.07) is 7.14. The first-order valence-corrected chi connectivity index (χ1v) is 5.62. The lowest BCUT2D eigenvalue weighted by Crippen LogP contribution is -2.36. The summed E-state index contributed by atoms with van der Waals surface area (Å²) in [4.78, 5) is 23.5. The van der Waals surface area contributed by atoms with Crippen LogP contribution in [0.25, 0.3) is 0 Å². The van der Waals surface area contributed by atoms with E-state index in [1.54, 1.807) is 12.1 Å². The van der Waals surface area contributed by atoms with Crippen LogP contribution in [-0.4, -0.2) is 24.2 Å². The first-order chi connectivity index (χ1) is 8.22. The molecule has 0 spiro atoms. The third-order valence-corrected chi connectivity index (χ3v) is 3.16. The number of anilines is 1. The van der Waals surface area contributed by atoms with Crippen molar-refractivity contribution in [2.24, 2.45) is 11.1 Å². The number of nitrogens with zero attached hydrogens (tertiary/aromatic N) is 2. The van der Waals surface area contributed by atoms with Crippen molar-refractivity contribution in [3.8, 4) is 0 Å². The van der Waals surface area contributed by atoms with Gasteiger partial charge in [0.25, 0.3) is 0 Å². The van der Waals surface area contributed by atoms with Crippen LogP contribution in [0.3, 0.4) is 0 Å². The van der Waals surface area contributed by atoms with Gasteiger partial charge in [-0.3, -0.25) is 4.79 Å². The molecule has 0 saturated carbocycles. The van der Waals surface area contributed by atoms with E-state index in [0.717, 1.165) is 5.69 Å². The van der Waals surface area contributed by atoms with Gasteiger partial charge in [-0.05, 0) is 30.2 Å². The highest BCUT2D eigenvalue weighted by molar-refractivity contribution is 5.71. The summed E-state index contributed by atoms with van der Waals surface area (Å²) in [7, 11) is 0. The van der Waals surface area contributed by atoms with Crippen molar-refractivity contribution in [3.63, 3.8) is 0 Å². The van der Waals surface area contributed by atoms with Gasteiger partial charge in [0.2, 0.25) is 0 Å². The van der Waals surface area contributed by atoms with Crippen molar-refractivity contribution in [2.75, 3.05) is 18.0 Å². The Bertz CT molecular complexity index is 426. The number of benzene rings is 1. The van der Waals surface area contributed by atoms with Crippen LogP contribution in [0, 0.1) is 10.8 Å². The zero-order valence-electron chi connectivity index (χ0n) is 9.37. The highest BCUT2D eigenvalue weighted by Gasteiger charge is 2.25. The Hall–Kier alpha value is -1.91. The fourth-order valence-corrected chi connectivity index (χ4v) is 2.18. The van der Waals surface area contributed by atoms with Crippen molar-refractivity contribution >= 4 is 17.3 Å². The fraction of sp³-hybridized carbons (Fsp3) is 0.417. The first kappa shape index (κ1) is 11.6. The Morgan fingerprint density at radius 2 is 1.94 bits per heavy atom. The molecule has 0 radical (unpaired) electrons. The maximum atomic E-state index is 10.8. The van der Waals surface area contributed by atoms with E-state index in [1.165, 1.54) is 0 Å². The third kappa shape index (κ3) is 2.43. The summed E-state index contributed by atoms with van der Waals surface area (Å²) < 4.78 is 0. The van der Waals surface area contributed by atoms with Crippen LogP contribution in [0.1, 0.15) is 12.8 Å². The summed E-state index contributed by atoms with van der Waals surface area (Å²) in [6.45, 7) is 1.31. The molecule has 1 N–H and O–H groups in total. The SMILES string of the molecule is O=Nc1ccccc1N1CCC(C(=O)O)CC1. The number of para-hydroxylation sites is 1. The summed E-state index contributed by atoms with van der Waals surface area (Å²) in [5.41, 5.74) is 1.22. The molecule has 5 nitrogen and oxygen atoms in total. The second-order valence-corrected chi connectivity index (χ2v) is 4.18. The van der Waals surface area contributed by atoms with E-state index in [-0.39, 0.29) is 5.92 Å². The lowest BCUT2D eigenvalue weighted by atomic mass is 9.96. The van der Waals surface area contributed by atoms with Gasteiger partial charge in [-0.25, -0.2) is 0 Å². The van der Waals surface area contributed by atoms with Gasteiger partial charge in [0.1, 0.15) is 5.69 Å². The largest absolute Gasteiger partial charge is 0.481 e. The number of piperidine rings is 1. The minimum absolute atomic E-state index is 0.261. The zero-order chi connectivity index (χ0) is 12.3. The third-order valence-electron chi connectivity index (χ3n) is 3.16. The minimum atomic E-state index is -0.730. The van der Waals surface area contributed by atoms with Crippen LogP contribution in [0.15, 0.2) is 29.4 Å². The fourth-order valence-electron chi connectivity index (χ4n) is 2.18. The van der Waals surface area contributed by atoms with Gasteiger partial charge in [-0.1, -0.05) is 12.1 Å². The Labute approximate surface area is 99.0 Å². The molecule has 0 aliphatic carbocycles. The minimum Gasteiger partial charge on any atom is -0.481 e. The average Bonchev–Trinajstić information content (AvgIpc) is 2.39. The normalized spacial score (nSPS) is 16.8. The molecule has 17 heavy (non-hydrogen) atoms. The summed E-state index contributed by atoms with van der Waals surface area (Å²) in [5, 5.41) is 11.9. The zero-order valence-corrected chi connectivity index (χ0v) is 9.37. The van der Waals surface area contributed by atoms with E-state index in [4.69, 9.17) is 5.11 Å². The van der Waals surface area contributed by atoms with E-state index in [1.807, 2.05) is 17.0 Å². The Morgan fingerprint density at radius 3 is 2.53 bits per heavy atom. The summed E-state index contributed by atoms with van der Waals surface area (Å²) in [5.74, 6) is -0.992. The van der Waals surface area contributed by atoms with E-state index in [2.05, 4.69) is 5.18 Å². The summed E-state index contributed by atoms with van der Waals surface area (Å²) in [6.07, 6.45) is 1.23. The molecule has 1 saturated heterocycles. The molecular weight excluding hydrogens is 220 g/mol. The monoisotopic (exact) mass is 234 g/mol. The molecule has 0 atom stereocenters. The Morgan fingerprint density at radius 1 is 1.29 bits per heavy atom. The van der Waals surface area contributed by atoms with Gasteiger partial charge in [-0.2, -0.15) is 0 Å². The highest BCUT2D eigenvalue weighted by Crippen LogP contribution is 2.31. The van der Waals surface area contributed by atoms with Gasteiger partial charge in [0.05, 0.1) is 11.6 Å². The van der Waals surface area contributed by atoms with E-state index < -0.39 is 5.97 Å². The second-order valence-electron chi connectivity index (χ2n) is 4.18. The van der Waals surface area contributed by atoms with Gasteiger partial charge in [-0.15, -0.1) is 4.91 Å². The Kier molecular flexibility index (Phi) is 3.37. The molecule has 5 heteroatoms. The topological polar surface area (TPSA) is 70.0 Å². The number of aliphatic carboxylic acids is 1. The standard InChI is InChI=1S/C12H14N2O3/c15-12(16)9-5-7-14(8-6-9)11-4-2-1-3-10(11)13-17/h1-4,9H,5-8H2,(H,15,16). The number of hydrogen-bond donors (Lipinski definition) is 1. The van der Waals surface area contributed by atoms with Crippen LogP contribution in [0.2, 0.25) is 0 Å². The van der Waals surface area contributed by atoms with Crippen LogP contribution >= 0.6 is 0 Å². The molecule has 1 heterocycles. The van der Waals surface area contributed by atoms with Gasteiger partial charge >= 0.3 is 5.97 Å². The van der Waals surface area contributed by atoms with E-state index >= 15 is 0 Å². The molecular formula is C12H14N2O3. The number of carboxylic acid groups (broad SMARTS) is 1. The quantitative estimate of drug-likeness (QED) is 0.815. The number of carbonyl (C=O) groups is 1. The molecule has 1 aliphatic rings. The van der Waals surface area contributed by atoms with Crippen molar-refractivity contribution in [3.05, 3.63) is 29.2 Å². The van der Waals surface area contributed by atoms with Crippen molar-refractivity contribution < 1.29 is 9.90 Å². The van der Waals surface area contributed by atoms with Crippen LogP contribution in [-0.2, 0) is 4.79 Å². The van der Waals surface area contributed by atoms with E-state index in [0.29, 0.717) is 31.6 Å². The molecule has 0 aromatic heterocycles. The molecule has 0 amide bonds. The number of hydrogen-bond acceptors (Lipinski definition) is 4. The molecule has 0 unspecified atom stereocenters. The second kappa shape index (κ2) is 4.95. The molecule has 2 rings (SSSR count). The molecule has 0 bridgehead atoms. The first-order valence-electron chi connectivity index (χ1n) is 5.62. The van der Waals surface area contributed by atoms with Crippen LogP contribution in [0.4, 0.5) is 11.4 Å².